The van der Waals surface area contributed by atoms with Crippen molar-refractivity contribution in [3.63, 3.8) is 0 Å². The van der Waals surface area contributed by atoms with Crippen LogP contribution in [0.4, 0.5) is 11.6 Å². The zero-order valence-corrected chi connectivity index (χ0v) is 19.2. The van der Waals surface area contributed by atoms with Crippen LogP contribution in [0.5, 0.6) is 0 Å². The van der Waals surface area contributed by atoms with Gasteiger partial charge in [0.1, 0.15) is 22.2 Å². The Kier molecular flexibility index (Phi) is 6.32. The number of hydrogen-bond acceptors (Lipinski definition) is 9. The summed E-state index contributed by atoms with van der Waals surface area (Å²) in [5, 5.41) is 13.3. The standard InChI is InChI=1S/C22H25ClN6O2S/c23-19-16(3-7-24-21(19)25-8-11-30)32-18-2-1-15-20(28-18)26-13-17(27-15)29-9-4-22(5-10-29)6-12-31-14-22/h1-3,7,13,30H,4-6,8-12,14H2,(H,24,25). The molecule has 2 fully saturated rings. The van der Waals surface area contributed by atoms with Crippen molar-refractivity contribution in [1.82, 2.24) is 19.9 Å². The highest BCUT2D eigenvalue weighted by Gasteiger charge is 2.38. The van der Waals surface area contributed by atoms with E-state index < -0.39 is 0 Å². The van der Waals surface area contributed by atoms with Crippen LogP contribution in [0.15, 0.2) is 40.5 Å². The van der Waals surface area contributed by atoms with E-state index in [0.29, 0.717) is 28.4 Å². The molecule has 5 heterocycles. The molecule has 2 saturated heterocycles. The summed E-state index contributed by atoms with van der Waals surface area (Å²) in [6, 6.07) is 5.73. The summed E-state index contributed by atoms with van der Waals surface area (Å²) in [6.07, 6.45) is 6.96. The topological polar surface area (TPSA) is 96.3 Å². The fourth-order valence-corrected chi connectivity index (χ4v) is 5.36. The molecule has 0 aliphatic carbocycles. The number of piperidine rings is 1. The summed E-state index contributed by atoms with van der Waals surface area (Å²) in [4.78, 5) is 21.4. The van der Waals surface area contributed by atoms with Crippen molar-refractivity contribution in [3.8, 4) is 0 Å². The summed E-state index contributed by atoms with van der Waals surface area (Å²) in [5.41, 5.74) is 1.76. The van der Waals surface area contributed by atoms with E-state index in [4.69, 9.17) is 26.4 Å². The number of rotatable bonds is 6. The maximum atomic E-state index is 9.00. The van der Waals surface area contributed by atoms with Gasteiger partial charge in [0.05, 0.1) is 24.4 Å². The summed E-state index contributed by atoms with van der Waals surface area (Å²) >= 11 is 7.91. The summed E-state index contributed by atoms with van der Waals surface area (Å²) in [7, 11) is 0. The van der Waals surface area contributed by atoms with Gasteiger partial charge in [-0.2, -0.15) is 0 Å². The van der Waals surface area contributed by atoms with Gasteiger partial charge in [-0.05, 0) is 42.9 Å². The first-order valence-corrected chi connectivity index (χ1v) is 12.0. The van der Waals surface area contributed by atoms with E-state index in [-0.39, 0.29) is 6.61 Å². The van der Waals surface area contributed by atoms with E-state index in [9.17, 15) is 0 Å². The van der Waals surface area contributed by atoms with E-state index in [2.05, 4.69) is 25.2 Å². The molecule has 3 aromatic rings. The number of aliphatic hydroxyl groups excluding tert-OH is 1. The van der Waals surface area contributed by atoms with Crippen LogP contribution in [0.25, 0.3) is 11.2 Å². The number of aliphatic hydroxyl groups is 1. The van der Waals surface area contributed by atoms with Gasteiger partial charge in [0, 0.05) is 37.3 Å². The first kappa shape index (κ1) is 21.6. The van der Waals surface area contributed by atoms with Crippen molar-refractivity contribution < 1.29 is 9.84 Å². The lowest BCUT2D eigenvalue weighted by molar-refractivity contribution is 0.133. The molecule has 0 saturated carbocycles. The fourth-order valence-electron chi connectivity index (χ4n) is 4.26. The van der Waals surface area contributed by atoms with Crippen LogP contribution in [0.3, 0.4) is 0 Å². The molecule has 0 aromatic carbocycles. The summed E-state index contributed by atoms with van der Waals surface area (Å²) in [5.74, 6) is 1.45. The van der Waals surface area contributed by atoms with Crippen molar-refractivity contribution in [2.45, 2.75) is 29.2 Å². The van der Waals surface area contributed by atoms with Crippen molar-refractivity contribution in [1.29, 1.82) is 0 Å². The average Bonchev–Trinajstić information content (AvgIpc) is 3.27. The molecule has 0 atom stereocenters. The molecule has 0 bridgehead atoms. The Morgan fingerprint density at radius 3 is 2.81 bits per heavy atom. The number of fused-ring (bicyclic) bond motifs is 1. The molecule has 1 spiro atoms. The quantitative estimate of drug-likeness (QED) is 0.557. The minimum Gasteiger partial charge on any atom is -0.395 e. The van der Waals surface area contributed by atoms with Gasteiger partial charge in [-0.1, -0.05) is 23.4 Å². The van der Waals surface area contributed by atoms with E-state index >= 15 is 0 Å². The Bertz CT molecular complexity index is 1100. The van der Waals surface area contributed by atoms with E-state index in [0.717, 1.165) is 60.4 Å². The third kappa shape index (κ3) is 4.47. The highest BCUT2D eigenvalue weighted by Crippen LogP contribution is 2.40. The first-order chi connectivity index (χ1) is 15.7. The molecule has 0 amide bonds. The van der Waals surface area contributed by atoms with Crippen molar-refractivity contribution in [2.75, 3.05) is 49.7 Å². The van der Waals surface area contributed by atoms with Gasteiger partial charge >= 0.3 is 0 Å². The SMILES string of the molecule is OCCNc1nccc(Sc2ccc3nc(N4CCC5(CCOC5)CC4)cnc3n2)c1Cl. The predicted molar refractivity (Wildman–Crippen MR) is 126 cm³/mol. The lowest BCUT2D eigenvalue weighted by Gasteiger charge is -2.38. The molecule has 168 valence electrons. The number of halogens is 1. The van der Waals surface area contributed by atoms with Crippen LogP contribution >= 0.6 is 23.4 Å². The largest absolute Gasteiger partial charge is 0.395 e. The molecule has 3 aromatic heterocycles. The molecule has 8 nitrogen and oxygen atoms in total. The molecule has 2 N–H and O–H groups in total. The van der Waals surface area contributed by atoms with Crippen LogP contribution < -0.4 is 10.2 Å². The second kappa shape index (κ2) is 9.35. The number of ether oxygens (including phenoxy) is 1. The molecular formula is C22H25ClN6O2S. The summed E-state index contributed by atoms with van der Waals surface area (Å²) < 4.78 is 5.64. The van der Waals surface area contributed by atoms with Gasteiger partial charge in [-0.15, -0.1) is 0 Å². The second-order valence-electron chi connectivity index (χ2n) is 8.23. The Morgan fingerprint density at radius 1 is 1.16 bits per heavy atom. The molecular weight excluding hydrogens is 448 g/mol. The van der Waals surface area contributed by atoms with Crippen LogP contribution in [0.2, 0.25) is 5.02 Å². The Morgan fingerprint density at radius 2 is 2.03 bits per heavy atom. The van der Waals surface area contributed by atoms with Crippen LogP contribution in [-0.2, 0) is 4.74 Å². The fraction of sp³-hybridized carbons (Fsp3) is 0.455. The molecule has 0 unspecified atom stereocenters. The van der Waals surface area contributed by atoms with Gasteiger partial charge in [0.2, 0.25) is 0 Å². The lowest BCUT2D eigenvalue weighted by atomic mass is 9.78. The predicted octanol–water partition coefficient (Wildman–Crippen LogP) is 3.64. The van der Waals surface area contributed by atoms with Crippen LogP contribution in [0.1, 0.15) is 19.3 Å². The van der Waals surface area contributed by atoms with Gasteiger partial charge in [-0.3, -0.25) is 0 Å². The zero-order valence-electron chi connectivity index (χ0n) is 17.6. The molecule has 2 aliphatic rings. The first-order valence-electron chi connectivity index (χ1n) is 10.8. The number of hydrogen-bond donors (Lipinski definition) is 2. The van der Waals surface area contributed by atoms with E-state index in [1.807, 2.05) is 24.4 Å². The van der Waals surface area contributed by atoms with Crippen molar-refractivity contribution in [2.24, 2.45) is 5.41 Å². The molecule has 32 heavy (non-hydrogen) atoms. The molecule has 5 rings (SSSR count). The molecule has 2 aliphatic heterocycles. The maximum absolute atomic E-state index is 9.00. The van der Waals surface area contributed by atoms with Gasteiger partial charge < -0.3 is 20.1 Å². The number of aromatic nitrogens is 4. The minimum atomic E-state index is 0.00891. The third-order valence-corrected chi connectivity index (χ3v) is 7.66. The minimum absolute atomic E-state index is 0.00891. The molecule has 0 radical (unpaired) electrons. The average molecular weight is 473 g/mol. The Hall–Kier alpha value is -2.20. The van der Waals surface area contributed by atoms with Crippen LogP contribution in [-0.4, -0.2) is 64.5 Å². The van der Waals surface area contributed by atoms with E-state index in [1.165, 1.54) is 18.2 Å². The maximum Gasteiger partial charge on any atom is 0.179 e. The zero-order chi connectivity index (χ0) is 22.0. The number of pyridine rings is 2. The Balaban J connectivity index is 1.30. The monoisotopic (exact) mass is 472 g/mol. The van der Waals surface area contributed by atoms with E-state index in [1.54, 1.807) is 6.20 Å². The lowest BCUT2D eigenvalue weighted by Crippen LogP contribution is -2.40. The second-order valence-corrected chi connectivity index (χ2v) is 9.67. The van der Waals surface area contributed by atoms with Gasteiger partial charge in [-0.25, -0.2) is 19.9 Å². The third-order valence-electron chi connectivity index (χ3n) is 6.17. The van der Waals surface area contributed by atoms with Crippen molar-refractivity contribution in [3.05, 3.63) is 35.6 Å². The number of nitrogens with one attached hydrogen (secondary N) is 1. The van der Waals surface area contributed by atoms with Crippen LogP contribution in [0, 0.1) is 5.41 Å². The summed E-state index contributed by atoms with van der Waals surface area (Å²) in [6.45, 7) is 4.16. The Labute approximate surface area is 195 Å². The normalized spacial score (nSPS) is 17.9. The van der Waals surface area contributed by atoms with Gasteiger partial charge in [0.25, 0.3) is 0 Å². The molecule has 10 heteroatoms. The van der Waals surface area contributed by atoms with Crippen molar-refractivity contribution >= 4 is 46.2 Å². The highest BCUT2D eigenvalue weighted by atomic mass is 35.5. The highest BCUT2D eigenvalue weighted by molar-refractivity contribution is 7.99. The smallest absolute Gasteiger partial charge is 0.179 e. The number of nitrogens with zero attached hydrogens (tertiary/aromatic N) is 5. The van der Waals surface area contributed by atoms with Gasteiger partial charge in [0.15, 0.2) is 5.65 Å². The number of anilines is 2.